The highest BCUT2D eigenvalue weighted by atomic mass is 35.5. The first kappa shape index (κ1) is 19.0. The Morgan fingerprint density at radius 2 is 2.04 bits per heavy atom. The van der Waals surface area contributed by atoms with Crippen LogP contribution in [0.4, 0.5) is 0 Å². The van der Waals surface area contributed by atoms with Crippen LogP contribution in [0.15, 0.2) is 18.2 Å². The molecule has 1 aromatic carbocycles. The van der Waals surface area contributed by atoms with E-state index in [1.165, 1.54) is 88.4 Å². The van der Waals surface area contributed by atoms with Gasteiger partial charge in [-0.15, -0.1) is 12.4 Å². The third kappa shape index (κ3) is 3.32. The van der Waals surface area contributed by atoms with Crippen molar-refractivity contribution in [2.75, 3.05) is 13.1 Å². The Hall–Kier alpha value is -0.730. The SMILES string of the molecule is CCCCCCN1CC[C@]23CCCC[C@H]2[C@H]1Cc1ccc(O)cc13.Cl. The second kappa shape index (κ2) is 7.88. The molecule has 2 aliphatic carbocycles. The van der Waals surface area contributed by atoms with Crippen molar-refractivity contribution in [1.82, 2.24) is 4.90 Å². The molecule has 25 heavy (non-hydrogen) atoms. The molecule has 0 radical (unpaired) electrons. The van der Waals surface area contributed by atoms with Crippen molar-refractivity contribution < 1.29 is 5.11 Å². The molecule has 2 bridgehead atoms. The molecule has 1 heterocycles. The summed E-state index contributed by atoms with van der Waals surface area (Å²) in [7, 11) is 0. The fraction of sp³-hybridized carbons (Fsp3) is 0.727. The summed E-state index contributed by atoms with van der Waals surface area (Å²) < 4.78 is 0. The number of hydrogen-bond acceptors (Lipinski definition) is 2. The molecule has 3 aliphatic rings. The maximum atomic E-state index is 10.1. The number of phenols is 1. The number of fused-ring (bicyclic) bond motifs is 1. The summed E-state index contributed by atoms with van der Waals surface area (Å²) in [6, 6.07) is 6.98. The first-order chi connectivity index (χ1) is 11.7. The Morgan fingerprint density at radius 1 is 1.16 bits per heavy atom. The fourth-order valence-electron chi connectivity index (χ4n) is 6.09. The van der Waals surface area contributed by atoms with E-state index in [1.807, 2.05) is 6.07 Å². The van der Waals surface area contributed by atoms with Crippen LogP contribution in [-0.2, 0) is 11.8 Å². The van der Waals surface area contributed by atoms with Crippen LogP contribution in [0.25, 0.3) is 0 Å². The number of likely N-dealkylation sites (tertiary alicyclic amines) is 1. The molecule has 1 saturated carbocycles. The van der Waals surface area contributed by atoms with Gasteiger partial charge in [-0.05, 0) is 74.4 Å². The van der Waals surface area contributed by atoms with E-state index in [0.717, 1.165) is 12.0 Å². The summed E-state index contributed by atoms with van der Waals surface area (Å²) in [5.41, 5.74) is 3.40. The van der Waals surface area contributed by atoms with Crippen molar-refractivity contribution in [3.8, 4) is 5.75 Å². The maximum Gasteiger partial charge on any atom is 0.115 e. The number of piperidine rings is 1. The lowest BCUT2D eigenvalue weighted by Crippen LogP contribution is -2.60. The van der Waals surface area contributed by atoms with E-state index in [4.69, 9.17) is 0 Å². The number of halogens is 1. The Balaban J connectivity index is 0.00000182. The minimum absolute atomic E-state index is 0. The monoisotopic (exact) mass is 363 g/mol. The molecular weight excluding hydrogens is 330 g/mol. The van der Waals surface area contributed by atoms with Crippen LogP contribution in [0, 0.1) is 5.92 Å². The summed E-state index contributed by atoms with van der Waals surface area (Å²) >= 11 is 0. The van der Waals surface area contributed by atoms with Crippen molar-refractivity contribution in [1.29, 1.82) is 0 Å². The van der Waals surface area contributed by atoms with Gasteiger partial charge in [-0.1, -0.05) is 45.1 Å². The van der Waals surface area contributed by atoms with E-state index in [-0.39, 0.29) is 12.4 Å². The molecule has 3 heteroatoms. The van der Waals surface area contributed by atoms with Crippen molar-refractivity contribution >= 4 is 12.4 Å². The van der Waals surface area contributed by atoms with Crippen molar-refractivity contribution in [3.05, 3.63) is 29.3 Å². The van der Waals surface area contributed by atoms with Crippen molar-refractivity contribution in [3.63, 3.8) is 0 Å². The quantitative estimate of drug-likeness (QED) is 0.703. The normalized spacial score (nSPS) is 30.9. The van der Waals surface area contributed by atoms with Crippen LogP contribution in [0.1, 0.15) is 75.8 Å². The lowest BCUT2D eigenvalue weighted by molar-refractivity contribution is -0.0120. The molecule has 140 valence electrons. The van der Waals surface area contributed by atoms with Crippen molar-refractivity contribution in [2.24, 2.45) is 5.92 Å². The zero-order chi connectivity index (χ0) is 16.6. The highest BCUT2D eigenvalue weighted by molar-refractivity contribution is 5.85. The Morgan fingerprint density at radius 3 is 2.88 bits per heavy atom. The predicted molar refractivity (Wildman–Crippen MR) is 107 cm³/mol. The number of benzene rings is 1. The lowest BCUT2D eigenvalue weighted by atomic mass is 9.52. The van der Waals surface area contributed by atoms with Gasteiger partial charge in [0.25, 0.3) is 0 Å². The molecule has 1 saturated heterocycles. The smallest absolute Gasteiger partial charge is 0.115 e. The maximum absolute atomic E-state index is 10.1. The number of rotatable bonds is 5. The Kier molecular flexibility index (Phi) is 6.00. The average molecular weight is 364 g/mol. The van der Waals surface area contributed by atoms with Gasteiger partial charge in [0, 0.05) is 11.5 Å². The number of phenolic OH excluding ortho intramolecular Hbond substituents is 1. The van der Waals surface area contributed by atoms with E-state index in [1.54, 1.807) is 0 Å². The molecule has 3 atom stereocenters. The van der Waals surface area contributed by atoms with E-state index in [9.17, 15) is 5.11 Å². The number of hydrogen-bond donors (Lipinski definition) is 1. The minimum Gasteiger partial charge on any atom is -0.508 e. The van der Waals surface area contributed by atoms with Crippen LogP contribution in [-0.4, -0.2) is 29.1 Å². The standard InChI is InChI=1S/C22H33NO.ClH/c1-2-3-4-7-13-23-14-12-22-11-6-5-8-19(22)21(23)15-17-9-10-18(24)16-20(17)22;/h9-10,16,19,21,24H,2-8,11-15H2,1H3;1H/t19-,21+,22+;/m0./s1. The van der Waals surface area contributed by atoms with Crippen LogP contribution in [0.2, 0.25) is 0 Å². The third-order valence-corrected chi connectivity index (χ3v) is 7.23. The van der Waals surface area contributed by atoms with E-state index in [2.05, 4.69) is 24.0 Å². The molecule has 1 aromatic rings. The molecule has 0 unspecified atom stereocenters. The van der Waals surface area contributed by atoms with Gasteiger partial charge in [-0.25, -0.2) is 0 Å². The van der Waals surface area contributed by atoms with Gasteiger partial charge < -0.3 is 5.11 Å². The van der Waals surface area contributed by atoms with Gasteiger partial charge in [0.1, 0.15) is 5.75 Å². The Bertz CT molecular complexity index is 589. The second-order valence-corrected chi connectivity index (χ2v) is 8.47. The third-order valence-electron chi connectivity index (χ3n) is 7.23. The molecular formula is C22H34ClNO. The molecule has 0 aromatic heterocycles. The van der Waals surface area contributed by atoms with Gasteiger partial charge in [0.05, 0.1) is 0 Å². The summed E-state index contributed by atoms with van der Waals surface area (Å²) in [5, 5.41) is 10.1. The highest BCUT2D eigenvalue weighted by Gasteiger charge is 2.53. The van der Waals surface area contributed by atoms with Crippen molar-refractivity contribution in [2.45, 2.75) is 82.6 Å². The second-order valence-electron chi connectivity index (χ2n) is 8.47. The number of nitrogens with zero attached hydrogens (tertiary/aromatic N) is 1. The van der Waals surface area contributed by atoms with Gasteiger partial charge in [0.2, 0.25) is 0 Å². The minimum atomic E-state index is 0. The largest absolute Gasteiger partial charge is 0.508 e. The van der Waals surface area contributed by atoms with Crippen LogP contribution in [0.3, 0.4) is 0 Å². The molecule has 1 N–H and O–H groups in total. The zero-order valence-corrected chi connectivity index (χ0v) is 16.5. The van der Waals surface area contributed by atoms with Gasteiger partial charge >= 0.3 is 0 Å². The van der Waals surface area contributed by atoms with Gasteiger partial charge in [-0.2, -0.15) is 0 Å². The molecule has 1 aliphatic heterocycles. The fourth-order valence-corrected chi connectivity index (χ4v) is 6.09. The first-order valence-electron chi connectivity index (χ1n) is 10.3. The van der Waals surface area contributed by atoms with E-state index < -0.39 is 0 Å². The summed E-state index contributed by atoms with van der Waals surface area (Å²) in [4.78, 5) is 2.83. The number of aromatic hydroxyl groups is 1. The molecule has 0 spiro atoms. The summed E-state index contributed by atoms with van der Waals surface area (Å²) in [5.74, 6) is 1.29. The first-order valence-corrected chi connectivity index (χ1v) is 10.3. The predicted octanol–water partition coefficient (Wildman–Crippen LogP) is 5.45. The van der Waals surface area contributed by atoms with E-state index in [0.29, 0.717) is 11.2 Å². The molecule has 2 nitrogen and oxygen atoms in total. The van der Waals surface area contributed by atoms with Gasteiger partial charge in [0.15, 0.2) is 0 Å². The summed E-state index contributed by atoms with van der Waals surface area (Å²) in [6.07, 6.45) is 13.5. The topological polar surface area (TPSA) is 23.5 Å². The highest BCUT2D eigenvalue weighted by Crippen LogP contribution is 2.56. The van der Waals surface area contributed by atoms with Crippen LogP contribution >= 0.6 is 12.4 Å². The average Bonchev–Trinajstić information content (AvgIpc) is 2.61. The zero-order valence-electron chi connectivity index (χ0n) is 15.7. The summed E-state index contributed by atoms with van der Waals surface area (Å²) in [6.45, 7) is 4.86. The molecule has 4 rings (SSSR count). The van der Waals surface area contributed by atoms with E-state index >= 15 is 0 Å². The lowest BCUT2D eigenvalue weighted by Gasteiger charge is -2.59. The van der Waals surface area contributed by atoms with Crippen LogP contribution in [0.5, 0.6) is 5.75 Å². The molecule has 2 fully saturated rings. The van der Waals surface area contributed by atoms with Gasteiger partial charge in [-0.3, -0.25) is 4.90 Å². The number of unbranched alkanes of at least 4 members (excludes halogenated alkanes) is 3. The Labute approximate surface area is 159 Å². The van der Waals surface area contributed by atoms with Crippen LogP contribution < -0.4 is 0 Å². The molecule has 0 amide bonds.